The van der Waals surface area contributed by atoms with Crippen LogP contribution in [0.25, 0.3) is 11.0 Å². The summed E-state index contributed by atoms with van der Waals surface area (Å²) in [5.74, 6) is 0.814. The van der Waals surface area contributed by atoms with Crippen LogP contribution in [0, 0.1) is 11.7 Å². The van der Waals surface area contributed by atoms with Crippen molar-refractivity contribution in [2.24, 2.45) is 5.92 Å². The summed E-state index contributed by atoms with van der Waals surface area (Å²) in [6.07, 6.45) is 1.17. The van der Waals surface area contributed by atoms with Gasteiger partial charge in [0.25, 0.3) is 0 Å². The van der Waals surface area contributed by atoms with Gasteiger partial charge in [0.05, 0.1) is 11.0 Å². The number of benzene rings is 1. The van der Waals surface area contributed by atoms with Gasteiger partial charge >= 0.3 is 0 Å². The lowest BCUT2D eigenvalue weighted by atomic mass is 10.1. The number of hydrogen-bond donors (Lipinski definition) is 1. The molecule has 1 aliphatic rings. The van der Waals surface area contributed by atoms with Crippen LogP contribution >= 0.6 is 0 Å². The van der Waals surface area contributed by atoms with Crippen molar-refractivity contribution in [2.75, 3.05) is 25.4 Å². The Morgan fingerprint density at radius 1 is 1.47 bits per heavy atom. The van der Waals surface area contributed by atoms with E-state index in [1.165, 1.54) is 18.6 Å². The molecule has 2 aromatic rings. The maximum Gasteiger partial charge on any atom is 0.201 e. The number of rotatable bonds is 3. The molecule has 1 atom stereocenters. The van der Waals surface area contributed by atoms with Crippen molar-refractivity contribution in [2.45, 2.75) is 19.9 Å². The van der Waals surface area contributed by atoms with Gasteiger partial charge < -0.3 is 15.2 Å². The van der Waals surface area contributed by atoms with E-state index in [0.717, 1.165) is 37.2 Å². The number of halogens is 1. The Morgan fingerprint density at radius 3 is 3.05 bits per heavy atom. The molecule has 2 heterocycles. The SMILES string of the molecule is CCN1CCC(Cn2c(N)nc3ccc(F)cc32)C1. The Morgan fingerprint density at radius 2 is 2.32 bits per heavy atom. The van der Waals surface area contributed by atoms with Gasteiger partial charge in [0.15, 0.2) is 0 Å². The van der Waals surface area contributed by atoms with Crippen LogP contribution in [-0.2, 0) is 6.54 Å². The second-order valence-corrected chi connectivity index (χ2v) is 5.26. The highest BCUT2D eigenvalue weighted by Gasteiger charge is 2.23. The zero-order valence-electron chi connectivity index (χ0n) is 11.1. The molecular weight excluding hydrogens is 243 g/mol. The number of likely N-dealkylation sites (tertiary alicyclic amines) is 1. The van der Waals surface area contributed by atoms with Crippen molar-refractivity contribution in [3.63, 3.8) is 0 Å². The van der Waals surface area contributed by atoms with Gasteiger partial charge in [-0.25, -0.2) is 9.37 Å². The minimum absolute atomic E-state index is 0.241. The van der Waals surface area contributed by atoms with Crippen molar-refractivity contribution in [1.29, 1.82) is 0 Å². The van der Waals surface area contributed by atoms with Crippen molar-refractivity contribution >= 4 is 17.0 Å². The molecule has 3 rings (SSSR count). The molecule has 0 aliphatic carbocycles. The second-order valence-electron chi connectivity index (χ2n) is 5.26. The monoisotopic (exact) mass is 262 g/mol. The minimum atomic E-state index is -0.241. The van der Waals surface area contributed by atoms with E-state index in [-0.39, 0.29) is 5.82 Å². The highest BCUT2D eigenvalue weighted by atomic mass is 19.1. The predicted octanol–water partition coefficient (Wildman–Crippen LogP) is 2.10. The Bertz CT molecular complexity index is 592. The summed E-state index contributed by atoms with van der Waals surface area (Å²) in [6.45, 7) is 6.32. The third kappa shape index (κ3) is 2.30. The number of hydrogen-bond acceptors (Lipinski definition) is 3. The molecule has 0 amide bonds. The first-order valence-corrected chi connectivity index (χ1v) is 6.81. The Labute approximate surface area is 112 Å². The van der Waals surface area contributed by atoms with Crippen LogP contribution in [0.2, 0.25) is 0 Å². The second kappa shape index (κ2) is 4.81. The lowest BCUT2D eigenvalue weighted by molar-refractivity contribution is 0.334. The largest absolute Gasteiger partial charge is 0.369 e. The third-order valence-electron chi connectivity index (χ3n) is 4.00. The molecule has 0 saturated carbocycles. The molecule has 1 aromatic carbocycles. The molecule has 1 aromatic heterocycles. The fourth-order valence-corrected chi connectivity index (χ4v) is 2.91. The van der Waals surface area contributed by atoms with E-state index >= 15 is 0 Å². The summed E-state index contributed by atoms with van der Waals surface area (Å²) in [7, 11) is 0. The van der Waals surface area contributed by atoms with E-state index in [0.29, 0.717) is 11.9 Å². The fraction of sp³-hybridized carbons (Fsp3) is 0.500. The van der Waals surface area contributed by atoms with Gasteiger partial charge in [-0.1, -0.05) is 6.92 Å². The average molecular weight is 262 g/mol. The summed E-state index contributed by atoms with van der Waals surface area (Å²) in [4.78, 5) is 6.73. The van der Waals surface area contributed by atoms with Gasteiger partial charge in [0, 0.05) is 13.1 Å². The summed E-state index contributed by atoms with van der Waals surface area (Å²) >= 11 is 0. The van der Waals surface area contributed by atoms with Crippen LogP contribution in [-0.4, -0.2) is 34.1 Å². The minimum Gasteiger partial charge on any atom is -0.369 e. The summed E-state index contributed by atoms with van der Waals surface area (Å²) in [6, 6.07) is 4.63. The predicted molar refractivity (Wildman–Crippen MR) is 74.3 cm³/mol. The van der Waals surface area contributed by atoms with E-state index in [9.17, 15) is 4.39 Å². The van der Waals surface area contributed by atoms with Gasteiger partial charge in [-0.15, -0.1) is 0 Å². The molecule has 1 fully saturated rings. The Hall–Kier alpha value is -1.62. The number of nitrogen functional groups attached to an aromatic ring is 1. The van der Waals surface area contributed by atoms with Crippen LogP contribution in [0.15, 0.2) is 18.2 Å². The molecule has 2 N–H and O–H groups in total. The summed E-state index contributed by atoms with van der Waals surface area (Å²) < 4.78 is 15.3. The van der Waals surface area contributed by atoms with E-state index in [4.69, 9.17) is 5.73 Å². The van der Waals surface area contributed by atoms with Gasteiger partial charge in [-0.2, -0.15) is 0 Å². The number of nitrogens with two attached hydrogens (primary N) is 1. The van der Waals surface area contributed by atoms with Crippen LogP contribution in [0.5, 0.6) is 0 Å². The van der Waals surface area contributed by atoms with Crippen LogP contribution < -0.4 is 5.73 Å². The number of fused-ring (bicyclic) bond motifs is 1. The molecule has 0 spiro atoms. The van der Waals surface area contributed by atoms with Gasteiger partial charge in [-0.05, 0) is 43.6 Å². The number of anilines is 1. The van der Waals surface area contributed by atoms with Crippen LogP contribution in [0.3, 0.4) is 0 Å². The molecule has 1 aliphatic heterocycles. The first-order valence-electron chi connectivity index (χ1n) is 6.81. The Kier molecular flexibility index (Phi) is 3.14. The first-order chi connectivity index (χ1) is 9.17. The summed E-state index contributed by atoms with van der Waals surface area (Å²) in [5, 5.41) is 0. The normalized spacial score (nSPS) is 20.4. The molecular formula is C14H19FN4. The van der Waals surface area contributed by atoms with Gasteiger partial charge in [0.1, 0.15) is 5.82 Å². The van der Waals surface area contributed by atoms with E-state index in [1.54, 1.807) is 6.07 Å². The molecule has 0 radical (unpaired) electrons. The van der Waals surface area contributed by atoms with E-state index in [2.05, 4.69) is 16.8 Å². The molecule has 1 saturated heterocycles. The lowest BCUT2D eigenvalue weighted by Gasteiger charge is -2.14. The van der Waals surface area contributed by atoms with Crippen molar-refractivity contribution in [1.82, 2.24) is 14.5 Å². The highest BCUT2D eigenvalue weighted by Crippen LogP contribution is 2.24. The smallest absolute Gasteiger partial charge is 0.201 e. The number of nitrogens with zero attached hydrogens (tertiary/aromatic N) is 3. The summed E-state index contributed by atoms with van der Waals surface area (Å²) in [5.41, 5.74) is 7.53. The first kappa shape index (κ1) is 12.4. The average Bonchev–Trinajstić information content (AvgIpc) is 2.96. The zero-order valence-corrected chi connectivity index (χ0v) is 11.1. The van der Waals surface area contributed by atoms with Gasteiger partial charge in [-0.3, -0.25) is 0 Å². The Balaban J connectivity index is 1.88. The molecule has 4 nitrogen and oxygen atoms in total. The molecule has 102 valence electrons. The zero-order chi connectivity index (χ0) is 13.4. The fourth-order valence-electron chi connectivity index (χ4n) is 2.91. The highest BCUT2D eigenvalue weighted by molar-refractivity contribution is 5.78. The molecule has 1 unspecified atom stereocenters. The quantitative estimate of drug-likeness (QED) is 0.921. The maximum atomic E-state index is 13.4. The van der Waals surface area contributed by atoms with Crippen molar-refractivity contribution < 1.29 is 4.39 Å². The van der Waals surface area contributed by atoms with Crippen LogP contribution in [0.1, 0.15) is 13.3 Å². The molecule has 19 heavy (non-hydrogen) atoms. The number of imidazole rings is 1. The van der Waals surface area contributed by atoms with Crippen molar-refractivity contribution in [3.05, 3.63) is 24.0 Å². The van der Waals surface area contributed by atoms with E-state index < -0.39 is 0 Å². The van der Waals surface area contributed by atoms with Crippen molar-refractivity contribution in [3.8, 4) is 0 Å². The maximum absolute atomic E-state index is 13.4. The molecule has 5 heteroatoms. The lowest BCUT2D eigenvalue weighted by Crippen LogP contribution is -2.21. The topological polar surface area (TPSA) is 47.1 Å². The van der Waals surface area contributed by atoms with Gasteiger partial charge in [0.2, 0.25) is 5.95 Å². The number of aromatic nitrogens is 2. The third-order valence-corrected chi connectivity index (χ3v) is 4.00. The standard InChI is InChI=1S/C14H19FN4/c1-2-18-6-5-10(8-18)9-19-13-7-11(15)3-4-12(13)17-14(19)16/h3-4,7,10H,2,5-6,8-9H2,1H3,(H2,16,17). The van der Waals surface area contributed by atoms with Crippen LogP contribution in [0.4, 0.5) is 10.3 Å². The molecule has 0 bridgehead atoms. The van der Waals surface area contributed by atoms with E-state index in [1.807, 2.05) is 4.57 Å².